The van der Waals surface area contributed by atoms with Gasteiger partial charge in [0.1, 0.15) is 12.6 Å². The van der Waals surface area contributed by atoms with Gasteiger partial charge in [0.15, 0.2) is 0 Å². The predicted octanol–water partition coefficient (Wildman–Crippen LogP) is 3.82. The highest BCUT2D eigenvalue weighted by Crippen LogP contribution is 2.44. The fourth-order valence-electron chi connectivity index (χ4n) is 5.17. The fourth-order valence-corrected chi connectivity index (χ4v) is 5.17. The zero-order valence-corrected chi connectivity index (χ0v) is 18.4. The first kappa shape index (κ1) is 21.5. The number of benzene rings is 2. The highest BCUT2D eigenvalue weighted by atomic mass is 16.5. The van der Waals surface area contributed by atoms with E-state index in [0.717, 1.165) is 41.5 Å². The second-order valence-corrected chi connectivity index (χ2v) is 9.48. The van der Waals surface area contributed by atoms with Crippen molar-refractivity contribution in [3.8, 4) is 11.1 Å². The van der Waals surface area contributed by atoms with E-state index in [1.807, 2.05) is 24.3 Å². The van der Waals surface area contributed by atoms with E-state index in [0.29, 0.717) is 12.8 Å². The third-order valence-corrected chi connectivity index (χ3v) is 7.18. The number of hydrogen-bond donors (Lipinski definition) is 3. The van der Waals surface area contributed by atoms with Crippen LogP contribution < -0.4 is 10.6 Å². The number of ether oxygens (including phenoxy) is 1. The van der Waals surface area contributed by atoms with Gasteiger partial charge in [-0.15, -0.1) is 0 Å². The van der Waals surface area contributed by atoms with Gasteiger partial charge in [0, 0.05) is 5.92 Å². The highest BCUT2D eigenvalue weighted by Gasteiger charge is 2.45. The van der Waals surface area contributed by atoms with Gasteiger partial charge in [0.05, 0.1) is 12.0 Å². The van der Waals surface area contributed by atoms with Crippen LogP contribution in [0.25, 0.3) is 11.1 Å². The first-order valence-electron chi connectivity index (χ1n) is 11.6. The van der Waals surface area contributed by atoms with Crippen molar-refractivity contribution in [3.05, 3.63) is 59.7 Å². The van der Waals surface area contributed by atoms with Gasteiger partial charge in [-0.25, -0.2) is 4.79 Å². The molecule has 1 atom stereocenters. The van der Waals surface area contributed by atoms with Crippen LogP contribution in [-0.4, -0.2) is 41.3 Å². The summed E-state index contributed by atoms with van der Waals surface area (Å²) >= 11 is 0. The Balaban J connectivity index is 1.23. The van der Waals surface area contributed by atoms with E-state index >= 15 is 0 Å². The normalized spacial score (nSPS) is 18.9. The lowest BCUT2D eigenvalue weighted by atomic mass is 9.74. The van der Waals surface area contributed by atoms with Gasteiger partial charge in [-0.2, -0.15) is 0 Å². The molecule has 7 heteroatoms. The maximum absolute atomic E-state index is 13.0. The van der Waals surface area contributed by atoms with E-state index in [9.17, 15) is 19.5 Å². The van der Waals surface area contributed by atoms with Crippen LogP contribution in [0, 0.1) is 5.92 Å². The number of carbonyl (C=O) groups excluding carboxylic acids is 2. The lowest BCUT2D eigenvalue weighted by Crippen LogP contribution is -2.60. The molecule has 3 aliphatic carbocycles. The van der Waals surface area contributed by atoms with Gasteiger partial charge in [-0.3, -0.25) is 9.59 Å². The molecule has 2 saturated carbocycles. The molecule has 0 aliphatic heterocycles. The Labute approximate surface area is 192 Å². The summed E-state index contributed by atoms with van der Waals surface area (Å²) < 4.78 is 5.61. The maximum Gasteiger partial charge on any atom is 0.407 e. The minimum Gasteiger partial charge on any atom is -0.481 e. The molecule has 0 bridgehead atoms. The van der Waals surface area contributed by atoms with E-state index in [1.54, 1.807) is 0 Å². The number of rotatable bonds is 8. The molecule has 2 fully saturated rings. The van der Waals surface area contributed by atoms with Crippen molar-refractivity contribution in [2.75, 3.05) is 6.61 Å². The average Bonchev–Trinajstić information content (AvgIpc) is 3.56. The predicted molar refractivity (Wildman–Crippen MR) is 122 cm³/mol. The molecular weight excluding hydrogens is 420 g/mol. The maximum atomic E-state index is 13.0. The van der Waals surface area contributed by atoms with Crippen LogP contribution in [0.4, 0.5) is 4.79 Å². The molecule has 3 aliphatic rings. The Hall–Kier alpha value is -3.35. The molecule has 0 saturated heterocycles. The lowest BCUT2D eigenvalue weighted by Gasteiger charge is -2.42. The van der Waals surface area contributed by atoms with Gasteiger partial charge >= 0.3 is 12.1 Å². The van der Waals surface area contributed by atoms with E-state index in [2.05, 4.69) is 34.9 Å². The van der Waals surface area contributed by atoms with E-state index in [1.165, 1.54) is 0 Å². The summed E-state index contributed by atoms with van der Waals surface area (Å²) in [6.07, 6.45) is 3.18. The molecule has 1 unspecified atom stereocenters. The molecule has 0 heterocycles. The number of carboxylic acid groups (broad SMARTS) is 1. The van der Waals surface area contributed by atoms with Crippen LogP contribution >= 0.6 is 0 Å². The number of carboxylic acids is 1. The largest absolute Gasteiger partial charge is 0.481 e. The SMILES string of the molecule is O=C(O)CC1(NC(=O)C(NC(=O)OCC2c3ccccc3-c3ccccc32)C2CC2)CCC1. The summed E-state index contributed by atoms with van der Waals surface area (Å²) in [6.45, 7) is 0.182. The number of fused-ring (bicyclic) bond motifs is 3. The van der Waals surface area contributed by atoms with Crippen molar-refractivity contribution in [2.45, 2.75) is 56.0 Å². The quantitative estimate of drug-likeness (QED) is 0.570. The van der Waals surface area contributed by atoms with E-state index in [4.69, 9.17) is 4.74 Å². The van der Waals surface area contributed by atoms with Gasteiger partial charge in [0.2, 0.25) is 5.91 Å². The number of hydrogen-bond acceptors (Lipinski definition) is 4. The topological polar surface area (TPSA) is 105 Å². The first-order valence-corrected chi connectivity index (χ1v) is 11.6. The van der Waals surface area contributed by atoms with Gasteiger partial charge in [-0.05, 0) is 60.3 Å². The molecule has 0 spiro atoms. The number of nitrogens with one attached hydrogen (secondary N) is 2. The molecule has 2 amide bonds. The Morgan fingerprint density at radius 2 is 1.61 bits per heavy atom. The van der Waals surface area contributed by atoms with Crippen LogP contribution in [0.3, 0.4) is 0 Å². The monoisotopic (exact) mass is 448 g/mol. The zero-order valence-electron chi connectivity index (χ0n) is 18.4. The summed E-state index contributed by atoms with van der Waals surface area (Å²) in [5.74, 6) is -1.23. The summed E-state index contributed by atoms with van der Waals surface area (Å²) in [5.41, 5.74) is 3.87. The minimum absolute atomic E-state index is 0.0508. The summed E-state index contributed by atoms with van der Waals surface area (Å²) in [7, 11) is 0. The van der Waals surface area contributed by atoms with Crippen molar-refractivity contribution in [1.29, 1.82) is 0 Å². The molecular formula is C26H28N2O5. The molecule has 3 N–H and O–H groups in total. The molecule has 33 heavy (non-hydrogen) atoms. The van der Waals surface area contributed by atoms with Crippen molar-refractivity contribution in [3.63, 3.8) is 0 Å². The van der Waals surface area contributed by atoms with E-state index in [-0.39, 0.29) is 30.8 Å². The lowest BCUT2D eigenvalue weighted by molar-refractivity contribution is -0.140. The van der Waals surface area contributed by atoms with Crippen molar-refractivity contribution in [2.24, 2.45) is 5.92 Å². The number of carbonyl (C=O) groups is 3. The minimum atomic E-state index is -0.928. The van der Waals surface area contributed by atoms with Gasteiger partial charge in [-0.1, -0.05) is 48.5 Å². The molecule has 7 nitrogen and oxygen atoms in total. The zero-order chi connectivity index (χ0) is 23.0. The van der Waals surface area contributed by atoms with Crippen LogP contribution in [-0.2, 0) is 14.3 Å². The van der Waals surface area contributed by atoms with Crippen LogP contribution in [0.1, 0.15) is 55.6 Å². The van der Waals surface area contributed by atoms with Crippen LogP contribution in [0.5, 0.6) is 0 Å². The molecule has 0 aromatic heterocycles. The summed E-state index contributed by atoms with van der Waals surface area (Å²) in [4.78, 5) is 36.9. The number of amides is 2. The first-order chi connectivity index (χ1) is 16.0. The Bertz CT molecular complexity index is 1040. The Morgan fingerprint density at radius 1 is 1.00 bits per heavy atom. The molecule has 0 radical (unpaired) electrons. The third kappa shape index (κ3) is 4.32. The van der Waals surface area contributed by atoms with Gasteiger partial charge in [0.25, 0.3) is 0 Å². The van der Waals surface area contributed by atoms with Gasteiger partial charge < -0.3 is 20.5 Å². The number of aliphatic carboxylic acids is 1. The van der Waals surface area contributed by atoms with Crippen molar-refractivity contribution in [1.82, 2.24) is 10.6 Å². The molecule has 2 aromatic rings. The highest BCUT2D eigenvalue weighted by molar-refractivity contribution is 5.87. The standard InChI is InChI=1S/C26H28N2O5/c29-22(30)14-26(12-5-13-26)28-24(31)23(16-10-11-16)27-25(32)33-15-21-19-8-3-1-6-17(19)18-7-2-4-9-20(18)21/h1-4,6-9,16,21,23H,5,10-15H2,(H,27,32)(H,28,31)(H,29,30). The fraction of sp³-hybridized carbons (Fsp3) is 0.423. The second kappa shape index (κ2) is 8.54. The van der Waals surface area contributed by atoms with Crippen LogP contribution in [0.15, 0.2) is 48.5 Å². The van der Waals surface area contributed by atoms with E-state index < -0.39 is 23.6 Å². The third-order valence-electron chi connectivity index (χ3n) is 7.18. The average molecular weight is 449 g/mol. The number of alkyl carbamates (subject to hydrolysis) is 1. The Kier molecular flexibility index (Phi) is 5.56. The van der Waals surface area contributed by atoms with Crippen molar-refractivity contribution >= 4 is 18.0 Å². The molecule has 172 valence electrons. The van der Waals surface area contributed by atoms with Crippen LogP contribution in [0.2, 0.25) is 0 Å². The smallest absolute Gasteiger partial charge is 0.407 e. The Morgan fingerprint density at radius 3 is 2.12 bits per heavy atom. The molecule has 2 aromatic carbocycles. The molecule has 5 rings (SSSR count). The summed E-state index contributed by atoms with van der Waals surface area (Å²) in [6, 6.07) is 15.5. The van der Waals surface area contributed by atoms with Crippen molar-refractivity contribution < 1.29 is 24.2 Å². The summed E-state index contributed by atoms with van der Waals surface area (Å²) in [5, 5.41) is 14.9. The second-order valence-electron chi connectivity index (χ2n) is 9.48.